The maximum Gasteiger partial charge on any atom is 0.261 e. The Morgan fingerprint density at radius 1 is 1.08 bits per heavy atom. The fourth-order valence-electron chi connectivity index (χ4n) is 3.55. The molecule has 0 saturated carbocycles. The highest BCUT2D eigenvalue weighted by atomic mass is 16.2. The summed E-state index contributed by atoms with van der Waals surface area (Å²) in [6, 6.07) is 18.1. The lowest BCUT2D eigenvalue weighted by Crippen LogP contribution is -2.46. The number of hydrogen-bond donors (Lipinski definition) is 0. The Kier molecular flexibility index (Phi) is 3.84. The van der Waals surface area contributed by atoms with Crippen molar-refractivity contribution in [3.8, 4) is 0 Å². The van der Waals surface area contributed by atoms with Gasteiger partial charge in [0.1, 0.15) is 6.33 Å². The molecular weight excluding hydrogens is 312 g/mol. The van der Waals surface area contributed by atoms with Crippen LogP contribution in [0.3, 0.4) is 0 Å². The Bertz CT molecular complexity index is 903. The highest BCUT2D eigenvalue weighted by Crippen LogP contribution is 2.35. The summed E-state index contributed by atoms with van der Waals surface area (Å²) in [7, 11) is 0. The summed E-state index contributed by atoms with van der Waals surface area (Å²) in [5.41, 5.74) is 2.86. The molecule has 1 aromatic heterocycles. The SMILES string of the molecule is Cc1ccccc1C(=O)N1c2ncnn2[C@H](c2ccccc2)C[C@@H]1C. The fraction of sp³-hybridized carbons (Fsp3) is 0.250. The van der Waals surface area contributed by atoms with E-state index in [1.807, 2.05) is 54.1 Å². The molecule has 0 radical (unpaired) electrons. The molecule has 0 fully saturated rings. The summed E-state index contributed by atoms with van der Waals surface area (Å²) in [5, 5.41) is 4.41. The molecule has 2 aromatic carbocycles. The van der Waals surface area contributed by atoms with Gasteiger partial charge in [0.25, 0.3) is 5.91 Å². The van der Waals surface area contributed by atoms with E-state index in [1.54, 1.807) is 4.90 Å². The molecule has 25 heavy (non-hydrogen) atoms. The molecule has 4 rings (SSSR count). The second kappa shape index (κ2) is 6.16. The highest BCUT2D eigenvalue weighted by Gasteiger charge is 2.36. The molecule has 0 bridgehead atoms. The number of nitrogens with zero attached hydrogens (tertiary/aromatic N) is 4. The molecule has 3 aromatic rings. The van der Waals surface area contributed by atoms with Crippen LogP contribution in [0.2, 0.25) is 0 Å². The van der Waals surface area contributed by atoms with Crippen molar-refractivity contribution in [3.05, 3.63) is 77.6 Å². The minimum Gasteiger partial charge on any atom is -0.274 e. The molecule has 2 atom stereocenters. The third kappa shape index (κ3) is 2.61. The van der Waals surface area contributed by atoms with Crippen LogP contribution in [0.25, 0.3) is 0 Å². The van der Waals surface area contributed by atoms with Gasteiger partial charge in [-0.05, 0) is 37.5 Å². The number of benzene rings is 2. The Labute approximate surface area is 146 Å². The van der Waals surface area contributed by atoms with Crippen LogP contribution in [0.4, 0.5) is 5.95 Å². The zero-order valence-electron chi connectivity index (χ0n) is 14.3. The van der Waals surface area contributed by atoms with Crippen molar-refractivity contribution in [2.24, 2.45) is 0 Å². The van der Waals surface area contributed by atoms with Crippen molar-refractivity contribution >= 4 is 11.9 Å². The van der Waals surface area contributed by atoms with Gasteiger partial charge < -0.3 is 0 Å². The number of amides is 1. The molecule has 0 unspecified atom stereocenters. The van der Waals surface area contributed by atoms with Gasteiger partial charge in [0.15, 0.2) is 0 Å². The minimum absolute atomic E-state index is 0.0219. The minimum atomic E-state index is -0.0219. The Morgan fingerprint density at radius 3 is 2.56 bits per heavy atom. The summed E-state index contributed by atoms with van der Waals surface area (Å²) >= 11 is 0. The van der Waals surface area contributed by atoms with E-state index in [1.165, 1.54) is 11.9 Å². The van der Waals surface area contributed by atoms with Crippen LogP contribution in [-0.2, 0) is 0 Å². The lowest BCUT2D eigenvalue weighted by atomic mass is 9.96. The number of aromatic nitrogens is 3. The Hall–Kier alpha value is -2.95. The number of rotatable bonds is 2. The first-order valence-electron chi connectivity index (χ1n) is 8.50. The van der Waals surface area contributed by atoms with Gasteiger partial charge in [0, 0.05) is 11.6 Å². The lowest BCUT2D eigenvalue weighted by molar-refractivity contribution is 0.0966. The topological polar surface area (TPSA) is 51.0 Å². The summed E-state index contributed by atoms with van der Waals surface area (Å²) < 4.78 is 1.87. The predicted octanol–water partition coefficient (Wildman–Crippen LogP) is 3.61. The molecule has 126 valence electrons. The maximum atomic E-state index is 13.2. The van der Waals surface area contributed by atoms with Gasteiger partial charge in [-0.25, -0.2) is 4.68 Å². The smallest absolute Gasteiger partial charge is 0.261 e. The normalized spacial score (nSPS) is 19.5. The largest absolute Gasteiger partial charge is 0.274 e. The van der Waals surface area contributed by atoms with Gasteiger partial charge in [0.05, 0.1) is 6.04 Å². The Balaban J connectivity index is 1.76. The molecule has 1 aliphatic heterocycles. The number of carbonyl (C=O) groups excluding carboxylic acids is 1. The second-order valence-electron chi connectivity index (χ2n) is 6.51. The van der Waals surface area contributed by atoms with Crippen molar-refractivity contribution in [1.82, 2.24) is 14.8 Å². The maximum absolute atomic E-state index is 13.2. The van der Waals surface area contributed by atoms with Crippen molar-refractivity contribution in [1.29, 1.82) is 0 Å². The van der Waals surface area contributed by atoms with E-state index in [4.69, 9.17) is 0 Å². The zero-order valence-corrected chi connectivity index (χ0v) is 14.3. The second-order valence-corrected chi connectivity index (χ2v) is 6.51. The van der Waals surface area contributed by atoms with Crippen molar-refractivity contribution < 1.29 is 4.79 Å². The van der Waals surface area contributed by atoms with E-state index in [9.17, 15) is 4.79 Å². The molecule has 5 nitrogen and oxygen atoms in total. The van der Waals surface area contributed by atoms with Gasteiger partial charge >= 0.3 is 0 Å². The third-order valence-corrected chi connectivity index (χ3v) is 4.85. The molecule has 0 spiro atoms. The standard InChI is InChI=1S/C20H20N4O/c1-14-8-6-7-11-17(14)19(25)23-15(2)12-18(16-9-4-3-5-10-16)24-20(23)21-13-22-24/h3-11,13,15,18H,12H2,1-2H3/t15-,18-/m0/s1. The summed E-state index contributed by atoms with van der Waals surface area (Å²) in [5.74, 6) is 0.590. The van der Waals surface area contributed by atoms with Crippen LogP contribution < -0.4 is 4.90 Å². The van der Waals surface area contributed by atoms with Gasteiger partial charge in [-0.15, -0.1) is 0 Å². The van der Waals surface area contributed by atoms with Crippen molar-refractivity contribution in [3.63, 3.8) is 0 Å². The van der Waals surface area contributed by atoms with E-state index < -0.39 is 0 Å². The van der Waals surface area contributed by atoms with E-state index >= 15 is 0 Å². The molecule has 2 heterocycles. The number of carbonyl (C=O) groups is 1. The van der Waals surface area contributed by atoms with E-state index in [0.717, 1.165) is 12.0 Å². The summed E-state index contributed by atoms with van der Waals surface area (Å²) in [6.45, 7) is 4.03. The zero-order chi connectivity index (χ0) is 17.4. The fourth-order valence-corrected chi connectivity index (χ4v) is 3.55. The van der Waals surface area contributed by atoms with Crippen LogP contribution in [0.1, 0.15) is 40.9 Å². The molecule has 0 saturated heterocycles. The van der Waals surface area contributed by atoms with Crippen LogP contribution in [0.5, 0.6) is 0 Å². The van der Waals surface area contributed by atoms with E-state index in [2.05, 4.69) is 29.1 Å². The lowest BCUT2D eigenvalue weighted by Gasteiger charge is -2.37. The average Bonchev–Trinajstić information content (AvgIpc) is 3.11. The number of anilines is 1. The van der Waals surface area contributed by atoms with Crippen LogP contribution >= 0.6 is 0 Å². The first-order chi connectivity index (χ1) is 12.2. The molecule has 0 aliphatic carbocycles. The molecule has 0 N–H and O–H groups in total. The Morgan fingerprint density at radius 2 is 1.80 bits per heavy atom. The quantitative estimate of drug-likeness (QED) is 0.720. The molecule has 1 amide bonds. The van der Waals surface area contributed by atoms with Crippen LogP contribution in [0, 0.1) is 6.92 Å². The third-order valence-electron chi connectivity index (χ3n) is 4.85. The first-order valence-corrected chi connectivity index (χ1v) is 8.50. The van der Waals surface area contributed by atoms with Crippen LogP contribution in [0.15, 0.2) is 60.9 Å². The predicted molar refractivity (Wildman–Crippen MR) is 96.7 cm³/mol. The summed E-state index contributed by atoms with van der Waals surface area (Å²) in [6.07, 6.45) is 2.33. The van der Waals surface area contributed by atoms with Gasteiger partial charge in [-0.2, -0.15) is 10.1 Å². The number of hydrogen-bond acceptors (Lipinski definition) is 3. The van der Waals surface area contributed by atoms with E-state index in [0.29, 0.717) is 11.5 Å². The van der Waals surface area contributed by atoms with Gasteiger partial charge in [-0.1, -0.05) is 48.5 Å². The first kappa shape index (κ1) is 15.6. The van der Waals surface area contributed by atoms with E-state index in [-0.39, 0.29) is 18.0 Å². The molecule has 1 aliphatic rings. The highest BCUT2D eigenvalue weighted by molar-refractivity contribution is 6.06. The van der Waals surface area contributed by atoms with Gasteiger partial charge in [-0.3, -0.25) is 9.69 Å². The summed E-state index contributed by atoms with van der Waals surface area (Å²) in [4.78, 5) is 19.3. The van der Waals surface area contributed by atoms with Crippen molar-refractivity contribution in [2.45, 2.75) is 32.4 Å². The average molecular weight is 332 g/mol. The number of aryl methyl sites for hydroxylation is 1. The van der Waals surface area contributed by atoms with Crippen LogP contribution in [-0.4, -0.2) is 26.7 Å². The number of fused-ring (bicyclic) bond motifs is 1. The molecular formula is C20H20N4O. The van der Waals surface area contributed by atoms with Gasteiger partial charge in [0.2, 0.25) is 5.95 Å². The molecule has 5 heteroatoms. The monoisotopic (exact) mass is 332 g/mol. The van der Waals surface area contributed by atoms with Crippen molar-refractivity contribution in [2.75, 3.05) is 4.90 Å².